The van der Waals surface area contributed by atoms with E-state index in [1.165, 1.54) is 0 Å². The summed E-state index contributed by atoms with van der Waals surface area (Å²) >= 11 is 0. The Balaban J connectivity index is 0.00000106. The topological polar surface area (TPSA) is 49.4 Å². The number of carbonyl (C=O) groups excluding carboxylic acids is 2. The monoisotopic (exact) mass is 290 g/mol. The SMILES string of the molecule is CC.CNC(=O)C1(C)Cc2ccccc2N(C(C)=O)C1C. The maximum Gasteiger partial charge on any atom is 0.228 e. The molecule has 1 aliphatic rings. The molecule has 1 aliphatic heterocycles. The Morgan fingerprint density at radius 1 is 1.29 bits per heavy atom. The molecule has 21 heavy (non-hydrogen) atoms. The van der Waals surface area contributed by atoms with Gasteiger partial charge in [-0.3, -0.25) is 9.59 Å². The Morgan fingerprint density at radius 3 is 2.38 bits per heavy atom. The molecule has 1 N–H and O–H groups in total. The fraction of sp³-hybridized carbons (Fsp3) is 0.529. The van der Waals surface area contributed by atoms with Crippen molar-refractivity contribution in [1.82, 2.24) is 5.32 Å². The zero-order valence-corrected chi connectivity index (χ0v) is 13.9. The number of hydrogen-bond donors (Lipinski definition) is 1. The summed E-state index contributed by atoms with van der Waals surface area (Å²) in [4.78, 5) is 25.9. The number of amides is 2. The molecule has 0 radical (unpaired) electrons. The molecule has 4 nitrogen and oxygen atoms in total. The second-order valence-electron chi connectivity index (χ2n) is 5.37. The van der Waals surface area contributed by atoms with E-state index in [0.717, 1.165) is 11.3 Å². The van der Waals surface area contributed by atoms with Crippen molar-refractivity contribution in [3.8, 4) is 0 Å². The standard InChI is InChI=1S/C15H20N2O2.C2H6/c1-10-15(3,14(19)16-4)9-12-7-5-6-8-13(12)17(10)11(2)18;1-2/h5-8,10H,9H2,1-4H3,(H,16,19);1-2H3. The van der Waals surface area contributed by atoms with Gasteiger partial charge in [-0.1, -0.05) is 32.0 Å². The van der Waals surface area contributed by atoms with Gasteiger partial charge in [-0.25, -0.2) is 0 Å². The Bertz CT molecular complexity index is 527. The second-order valence-corrected chi connectivity index (χ2v) is 5.37. The molecule has 0 aromatic heterocycles. The average molecular weight is 290 g/mol. The van der Waals surface area contributed by atoms with E-state index in [2.05, 4.69) is 5.32 Å². The third kappa shape index (κ3) is 2.94. The lowest BCUT2D eigenvalue weighted by Gasteiger charge is -2.45. The van der Waals surface area contributed by atoms with Gasteiger partial charge in [0, 0.05) is 25.7 Å². The van der Waals surface area contributed by atoms with Crippen LogP contribution in [0.3, 0.4) is 0 Å². The number of carbonyl (C=O) groups is 2. The molecule has 1 heterocycles. The summed E-state index contributed by atoms with van der Waals surface area (Å²) in [7, 11) is 1.64. The Morgan fingerprint density at radius 2 is 1.86 bits per heavy atom. The normalized spacial score (nSPS) is 23.5. The minimum absolute atomic E-state index is 0.0271. The molecule has 2 amide bonds. The zero-order chi connectivity index (χ0) is 16.2. The van der Waals surface area contributed by atoms with Crippen LogP contribution in [-0.4, -0.2) is 24.9 Å². The average Bonchev–Trinajstić information content (AvgIpc) is 2.49. The highest BCUT2D eigenvalue weighted by molar-refractivity contribution is 5.96. The van der Waals surface area contributed by atoms with Gasteiger partial charge in [0.05, 0.1) is 5.41 Å². The highest BCUT2D eigenvalue weighted by Crippen LogP contribution is 2.41. The lowest BCUT2D eigenvalue weighted by molar-refractivity contribution is -0.131. The van der Waals surface area contributed by atoms with E-state index < -0.39 is 5.41 Å². The molecule has 2 unspecified atom stereocenters. The number of rotatable bonds is 1. The van der Waals surface area contributed by atoms with Crippen LogP contribution in [0.2, 0.25) is 0 Å². The number of nitrogens with one attached hydrogen (secondary N) is 1. The lowest BCUT2D eigenvalue weighted by Crippen LogP contribution is -2.57. The molecule has 2 rings (SSSR count). The molecular formula is C17H26N2O2. The van der Waals surface area contributed by atoms with Crippen LogP contribution >= 0.6 is 0 Å². The fourth-order valence-corrected chi connectivity index (χ4v) is 2.93. The summed E-state index contributed by atoms with van der Waals surface area (Å²) in [6.45, 7) is 9.40. The minimum Gasteiger partial charge on any atom is -0.359 e. The van der Waals surface area contributed by atoms with Crippen LogP contribution < -0.4 is 10.2 Å². The van der Waals surface area contributed by atoms with Gasteiger partial charge < -0.3 is 10.2 Å². The van der Waals surface area contributed by atoms with E-state index in [4.69, 9.17) is 0 Å². The first-order chi connectivity index (χ1) is 9.91. The third-order valence-electron chi connectivity index (χ3n) is 4.20. The van der Waals surface area contributed by atoms with Crippen LogP contribution in [0.1, 0.15) is 40.2 Å². The first-order valence-electron chi connectivity index (χ1n) is 7.51. The molecule has 0 saturated carbocycles. The van der Waals surface area contributed by atoms with Gasteiger partial charge in [0.1, 0.15) is 0 Å². The zero-order valence-electron chi connectivity index (χ0n) is 13.9. The number of benzene rings is 1. The van der Waals surface area contributed by atoms with E-state index in [0.29, 0.717) is 6.42 Å². The van der Waals surface area contributed by atoms with E-state index in [1.54, 1.807) is 18.9 Å². The molecule has 0 aliphatic carbocycles. The summed E-state index contributed by atoms with van der Waals surface area (Å²) in [5.41, 5.74) is 1.36. The first kappa shape index (κ1) is 17.2. The third-order valence-corrected chi connectivity index (χ3v) is 4.20. The van der Waals surface area contributed by atoms with Gasteiger partial charge in [-0.05, 0) is 31.9 Å². The van der Waals surface area contributed by atoms with Crippen LogP contribution in [0.4, 0.5) is 5.69 Å². The molecule has 1 aromatic carbocycles. The molecular weight excluding hydrogens is 264 g/mol. The maximum absolute atomic E-state index is 12.2. The fourth-order valence-electron chi connectivity index (χ4n) is 2.93. The van der Waals surface area contributed by atoms with Crippen molar-refractivity contribution in [3.05, 3.63) is 29.8 Å². The van der Waals surface area contributed by atoms with Crippen molar-refractivity contribution in [2.45, 2.75) is 47.1 Å². The number of nitrogens with zero attached hydrogens (tertiary/aromatic N) is 1. The second kappa shape index (κ2) is 6.74. The van der Waals surface area contributed by atoms with Crippen LogP contribution in [0.15, 0.2) is 24.3 Å². The van der Waals surface area contributed by atoms with Gasteiger partial charge in [0.15, 0.2) is 0 Å². The van der Waals surface area contributed by atoms with Gasteiger partial charge in [-0.2, -0.15) is 0 Å². The number of para-hydroxylation sites is 1. The van der Waals surface area contributed by atoms with Crippen molar-refractivity contribution in [2.24, 2.45) is 5.41 Å². The van der Waals surface area contributed by atoms with E-state index >= 15 is 0 Å². The molecule has 1 aromatic rings. The highest BCUT2D eigenvalue weighted by atomic mass is 16.2. The molecule has 4 heteroatoms. The van der Waals surface area contributed by atoms with Gasteiger partial charge in [0.25, 0.3) is 0 Å². The Labute approximate surface area is 127 Å². The predicted molar refractivity (Wildman–Crippen MR) is 86.3 cm³/mol. The van der Waals surface area contributed by atoms with Crippen LogP contribution in [0.25, 0.3) is 0 Å². The quantitative estimate of drug-likeness (QED) is 0.864. The van der Waals surface area contributed by atoms with Crippen molar-refractivity contribution < 1.29 is 9.59 Å². The predicted octanol–water partition coefficient (Wildman–Crippen LogP) is 2.76. The van der Waals surface area contributed by atoms with E-state index in [9.17, 15) is 9.59 Å². The molecule has 0 spiro atoms. The minimum atomic E-state index is -0.602. The maximum atomic E-state index is 12.2. The number of hydrogen-bond acceptors (Lipinski definition) is 2. The first-order valence-corrected chi connectivity index (χ1v) is 7.51. The number of anilines is 1. The molecule has 116 valence electrons. The summed E-state index contributed by atoms with van der Waals surface area (Å²) < 4.78 is 0. The largest absolute Gasteiger partial charge is 0.359 e. The molecule has 0 fully saturated rings. The molecule has 0 bridgehead atoms. The van der Waals surface area contributed by atoms with Crippen molar-refractivity contribution in [2.75, 3.05) is 11.9 Å². The van der Waals surface area contributed by atoms with Gasteiger partial charge >= 0.3 is 0 Å². The Hall–Kier alpha value is -1.84. The summed E-state index contributed by atoms with van der Waals surface area (Å²) in [5, 5.41) is 2.72. The lowest BCUT2D eigenvalue weighted by atomic mass is 9.72. The van der Waals surface area contributed by atoms with Crippen molar-refractivity contribution >= 4 is 17.5 Å². The van der Waals surface area contributed by atoms with E-state index in [1.807, 2.05) is 52.0 Å². The van der Waals surface area contributed by atoms with Gasteiger partial charge in [0.2, 0.25) is 11.8 Å². The summed E-state index contributed by atoms with van der Waals surface area (Å²) in [6.07, 6.45) is 0.647. The number of fused-ring (bicyclic) bond motifs is 1. The summed E-state index contributed by atoms with van der Waals surface area (Å²) in [6, 6.07) is 7.62. The Kier molecular flexibility index (Phi) is 5.53. The summed E-state index contributed by atoms with van der Waals surface area (Å²) in [5.74, 6) is -0.0597. The highest BCUT2D eigenvalue weighted by Gasteiger charge is 2.46. The van der Waals surface area contributed by atoms with Crippen LogP contribution in [-0.2, 0) is 16.0 Å². The van der Waals surface area contributed by atoms with E-state index in [-0.39, 0.29) is 17.9 Å². The molecule has 0 saturated heterocycles. The van der Waals surface area contributed by atoms with Gasteiger partial charge in [-0.15, -0.1) is 0 Å². The van der Waals surface area contributed by atoms with Crippen molar-refractivity contribution in [3.63, 3.8) is 0 Å². The molecule has 2 atom stereocenters. The van der Waals surface area contributed by atoms with Crippen molar-refractivity contribution in [1.29, 1.82) is 0 Å². The van der Waals surface area contributed by atoms with Crippen LogP contribution in [0.5, 0.6) is 0 Å². The smallest absolute Gasteiger partial charge is 0.228 e. The van der Waals surface area contributed by atoms with Crippen LogP contribution in [0, 0.1) is 5.41 Å².